The summed E-state index contributed by atoms with van der Waals surface area (Å²) in [6.07, 6.45) is 1.13. The first-order chi connectivity index (χ1) is 20.4. The number of nitrogens with one attached hydrogen (secondary N) is 1. The molecule has 1 amide bonds. The number of carbonyl (C=O) groups excluding carboxylic acids is 1. The molecule has 0 aliphatic carbocycles. The Labute approximate surface area is 255 Å². The molecular weight excluding hydrogens is 551 g/mol. The van der Waals surface area contributed by atoms with Crippen molar-refractivity contribution in [2.24, 2.45) is 10.7 Å². The van der Waals surface area contributed by atoms with Crippen molar-refractivity contribution in [1.82, 2.24) is 9.80 Å². The maximum Gasteiger partial charge on any atom is 0.416 e. The van der Waals surface area contributed by atoms with E-state index in [4.69, 9.17) is 5.73 Å². The molecule has 3 rings (SSSR count). The minimum Gasteiger partial charge on any atom is -0.383 e. The second-order valence-corrected chi connectivity index (χ2v) is 10.6. The van der Waals surface area contributed by atoms with Crippen LogP contribution in [0.2, 0.25) is 0 Å². The van der Waals surface area contributed by atoms with Crippen LogP contribution in [0.25, 0.3) is 0 Å². The molecule has 0 radical (unpaired) electrons. The number of nitrogens with two attached hydrogens (primary N) is 1. The molecule has 0 unspecified atom stereocenters. The van der Waals surface area contributed by atoms with E-state index in [-0.39, 0.29) is 17.8 Å². The highest BCUT2D eigenvalue weighted by molar-refractivity contribution is 6.04. The molecule has 9 heteroatoms. The zero-order valence-corrected chi connectivity index (χ0v) is 26.4. The fourth-order valence-corrected chi connectivity index (χ4v) is 4.68. The molecule has 2 aromatic carbocycles. The molecule has 0 aromatic heterocycles. The highest BCUT2D eigenvalue weighted by Crippen LogP contribution is 2.34. The highest BCUT2D eigenvalue weighted by Gasteiger charge is 2.34. The van der Waals surface area contributed by atoms with Gasteiger partial charge in [-0.2, -0.15) is 18.2 Å². The number of nitrogens with zero attached hydrogens (tertiary/aromatic N) is 3. The first-order valence-corrected chi connectivity index (χ1v) is 14.9. The summed E-state index contributed by atoms with van der Waals surface area (Å²) in [5.74, 6) is 2.97. The molecule has 0 saturated carbocycles. The van der Waals surface area contributed by atoms with Crippen LogP contribution in [-0.2, 0) is 19.1 Å². The number of piperazine rings is 1. The summed E-state index contributed by atoms with van der Waals surface area (Å²) in [6, 6.07) is 12.1. The molecule has 1 heterocycles. The minimum atomic E-state index is -4.49. The molecule has 0 spiro atoms. The number of anilines is 1. The van der Waals surface area contributed by atoms with Crippen molar-refractivity contribution in [3.63, 3.8) is 0 Å². The summed E-state index contributed by atoms with van der Waals surface area (Å²) >= 11 is 0. The number of hydrogen-bond donors (Lipinski definition) is 2. The van der Waals surface area contributed by atoms with Crippen molar-refractivity contribution in [1.29, 1.82) is 0 Å². The number of halogens is 3. The number of aliphatic imine (C=N–C) groups is 1. The molecule has 1 fully saturated rings. The summed E-state index contributed by atoms with van der Waals surface area (Å²) in [4.78, 5) is 20.7. The van der Waals surface area contributed by atoms with Crippen molar-refractivity contribution in [3.05, 3.63) is 75.9 Å². The lowest BCUT2D eigenvalue weighted by Crippen LogP contribution is -2.44. The Bertz CT molecular complexity index is 1330. The maximum absolute atomic E-state index is 13.7. The number of amides is 1. The molecule has 6 nitrogen and oxygen atoms in total. The molecule has 43 heavy (non-hydrogen) atoms. The van der Waals surface area contributed by atoms with Gasteiger partial charge in [0.1, 0.15) is 5.84 Å². The van der Waals surface area contributed by atoms with Crippen molar-refractivity contribution < 1.29 is 18.0 Å². The van der Waals surface area contributed by atoms with Gasteiger partial charge in [0.05, 0.1) is 5.56 Å². The lowest BCUT2D eigenvalue weighted by Gasteiger charge is -2.33. The van der Waals surface area contributed by atoms with E-state index in [2.05, 4.69) is 34.1 Å². The molecule has 2 aromatic rings. The molecule has 1 aliphatic rings. The normalized spacial score (nSPS) is 14.8. The van der Waals surface area contributed by atoms with Gasteiger partial charge in [-0.15, -0.1) is 0 Å². The predicted molar refractivity (Wildman–Crippen MR) is 171 cm³/mol. The van der Waals surface area contributed by atoms with Crippen LogP contribution in [0, 0.1) is 18.9 Å². The van der Waals surface area contributed by atoms with Crippen LogP contribution < -0.4 is 11.1 Å². The number of hydrogen-bond acceptors (Lipinski definition) is 4. The largest absolute Gasteiger partial charge is 0.416 e. The number of carbonyl (C=O) groups is 1. The van der Waals surface area contributed by atoms with Crippen LogP contribution >= 0.6 is 0 Å². The van der Waals surface area contributed by atoms with Gasteiger partial charge in [0.2, 0.25) is 0 Å². The lowest BCUT2D eigenvalue weighted by atomic mass is 10.0. The fourth-order valence-electron chi connectivity index (χ4n) is 4.68. The molecule has 234 valence electrons. The van der Waals surface area contributed by atoms with Gasteiger partial charge < -0.3 is 16.0 Å². The zero-order chi connectivity index (χ0) is 32.0. The number of allylic oxidation sites excluding steroid dienone is 1. The summed E-state index contributed by atoms with van der Waals surface area (Å²) in [6.45, 7) is 13.4. The molecular formula is C34H46F3N5O. The Balaban J connectivity index is 0.000000455. The van der Waals surface area contributed by atoms with Crippen LogP contribution in [0.15, 0.2) is 53.0 Å². The molecule has 1 saturated heterocycles. The zero-order valence-electron chi connectivity index (χ0n) is 26.4. The molecule has 3 N–H and O–H groups in total. The van der Waals surface area contributed by atoms with Crippen LogP contribution in [0.5, 0.6) is 0 Å². The smallest absolute Gasteiger partial charge is 0.383 e. The van der Waals surface area contributed by atoms with Crippen LogP contribution in [0.4, 0.5) is 18.9 Å². The van der Waals surface area contributed by atoms with Gasteiger partial charge in [-0.25, -0.2) is 0 Å². The Kier molecular flexibility index (Phi) is 14.5. The summed E-state index contributed by atoms with van der Waals surface area (Å²) in [5.41, 5.74) is 9.02. The average molecular weight is 598 g/mol. The van der Waals surface area contributed by atoms with Crippen molar-refractivity contribution in [3.8, 4) is 12.0 Å². The van der Waals surface area contributed by atoms with Gasteiger partial charge >= 0.3 is 6.18 Å². The number of aryl methyl sites for hydroxylation is 2. The van der Waals surface area contributed by atoms with Crippen LogP contribution in [0.1, 0.15) is 79.6 Å². The minimum absolute atomic E-state index is 0.148. The summed E-state index contributed by atoms with van der Waals surface area (Å²) < 4.78 is 41.2. The quantitative estimate of drug-likeness (QED) is 0.195. The fraction of sp³-hybridized carbons (Fsp3) is 0.471. The predicted octanol–water partition coefficient (Wildman–Crippen LogP) is 7.04. The first-order valence-electron chi connectivity index (χ1n) is 14.9. The van der Waals surface area contributed by atoms with E-state index in [1.54, 1.807) is 18.2 Å². The van der Waals surface area contributed by atoms with Crippen molar-refractivity contribution >= 4 is 17.4 Å². The van der Waals surface area contributed by atoms with Gasteiger partial charge in [0.15, 0.2) is 0 Å². The van der Waals surface area contributed by atoms with Gasteiger partial charge in [-0.1, -0.05) is 51.3 Å². The third-order valence-electron chi connectivity index (χ3n) is 7.28. The van der Waals surface area contributed by atoms with E-state index in [1.807, 2.05) is 51.8 Å². The lowest BCUT2D eigenvalue weighted by molar-refractivity contribution is -0.138. The molecule has 0 bridgehead atoms. The van der Waals surface area contributed by atoms with Crippen LogP contribution in [0.3, 0.4) is 0 Å². The van der Waals surface area contributed by atoms with E-state index < -0.39 is 17.6 Å². The topological polar surface area (TPSA) is 74.0 Å². The number of alkyl halides is 3. The summed E-state index contributed by atoms with van der Waals surface area (Å²) in [7, 11) is 2.01. The van der Waals surface area contributed by atoms with E-state index in [0.29, 0.717) is 11.4 Å². The Morgan fingerprint density at radius 1 is 1.07 bits per heavy atom. The van der Waals surface area contributed by atoms with E-state index in [9.17, 15) is 18.0 Å². The monoisotopic (exact) mass is 597 g/mol. The third-order valence-corrected chi connectivity index (χ3v) is 7.28. The standard InChI is InChI=1S/C24H30F3N3O.C10H16N2/c1-4-5-18-6-7-19(14-17(18)2)23(31)28-21-9-8-20(22(15-21)24(25,26)27)16-30-12-10-29(3)11-13-30;1-4-7-8-12-10(11)9(5-2)6-3/h6-9,14-15H,4-5,10-13,16H2,1-3H3,(H,28,31);5H,4,6H2,1-3H3,(H2,11,12)/b;9-5-. The number of amidine groups is 1. The van der Waals surface area contributed by atoms with E-state index >= 15 is 0 Å². The number of likely N-dealkylation sites (N-methyl/N-ethyl adjacent to an activating group) is 1. The van der Waals surface area contributed by atoms with E-state index in [1.165, 1.54) is 11.6 Å². The first kappa shape index (κ1) is 35.6. The number of rotatable bonds is 8. The third kappa shape index (κ3) is 11.5. The van der Waals surface area contributed by atoms with Gasteiger partial charge in [-0.3, -0.25) is 9.69 Å². The summed E-state index contributed by atoms with van der Waals surface area (Å²) in [5, 5.41) is 2.63. The van der Waals surface area contributed by atoms with Gasteiger partial charge in [-0.05, 0) is 80.3 Å². The Hall–Kier alpha value is -3.61. The molecule has 0 atom stereocenters. The SMILES string of the molecule is C/C=C(/CC)C(N)=NC#CCC.CCCc1ccc(C(=O)Nc2ccc(CN3CCN(C)CC3)c(C(F)(F)F)c2)cc1C. The average Bonchev–Trinajstić information content (AvgIpc) is 2.97. The maximum atomic E-state index is 13.7. The van der Waals surface area contributed by atoms with Gasteiger partial charge in [0, 0.05) is 56.4 Å². The van der Waals surface area contributed by atoms with Crippen LogP contribution in [-0.4, -0.2) is 54.8 Å². The highest BCUT2D eigenvalue weighted by atomic mass is 19.4. The van der Waals surface area contributed by atoms with Crippen molar-refractivity contribution in [2.75, 3.05) is 38.5 Å². The molecule has 1 aliphatic heterocycles. The number of benzene rings is 2. The Morgan fingerprint density at radius 2 is 1.74 bits per heavy atom. The second kappa shape index (κ2) is 17.5. The van der Waals surface area contributed by atoms with Gasteiger partial charge in [0.25, 0.3) is 5.91 Å². The Morgan fingerprint density at radius 3 is 2.30 bits per heavy atom. The van der Waals surface area contributed by atoms with Crippen molar-refractivity contribution in [2.45, 2.75) is 73.0 Å². The second-order valence-electron chi connectivity index (χ2n) is 10.6. The van der Waals surface area contributed by atoms with E-state index in [0.717, 1.165) is 69.1 Å².